The van der Waals surface area contributed by atoms with Crippen LogP contribution in [0.15, 0.2) is 48.8 Å². The van der Waals surface area contributed by atoms with E-state index >= 15 is 0 Å². The molecule has 0 fully saturated rings. The molecule has 3 heterocycles. The van der Waals surface area contributed by atoms with E-state index in [1.165, 1.54) is 16.6 Å². The third-order valence-corrected chi connectivity index (χ3v) is 7.36. The maximum absolute atomic E-state index is 13.3. The van der Waals surface area contributed by atoms with E-state index < -0.39 is 16.4 Å². The van der Waals surface area contributed by atoms with Crippen molar-refractivity contribution >= 4 is 32.2 Å². The van der Waals surface area contributed by atoms with Gasteiger partial charge in [0.25, 0.3) is 6.43 Å². The van der Waals surface area contributed by atoms with E-state index in [9.17, 15) is 17.2 Å². The minimum absolute atomic E-state index is 0.0413. The Labute approximate surface area is 192 Å². The van der Waals surface area contributed by atoms with E-state index in [1.54, 1.807) is 25.4 Å². The lowest BCUT2D eigenvalue weighted by Crippen LogP contribution is -2.33. The van der Waals surface area contributed by atoms with E-state index in [4.69, 9.17) is 0 Å². The Kier molecular flexibility index (Phi) is 6.45. The Balaban J connectivity index is 1.65. The molecule has 1 aromatic carbocycles. The molecular weight excluding hydrogens is 446 g/mol. The maximum Gasteiger partial charge on any atom is 0.264 e. The van der Waals surface area contributed by atoms with E-state index in [2.05, 4.69) is 15.3 Å². The number of halogens is 2. The minimum atomic E-state index is -3.22. The van der Waals surface area contributed by atoms with Crippen molar-refractivity contribution in [3.8, 4) is 0 Å². The fraction of sp³-hybridized carbons (Fsp3) is 0.333. The summed E-state index contributed by atoms with van der Waals surface area (Å²) >= 11 is 0. The molecule has 0 spiro atoms. The van der Waals surface area contributed by atoms with Crippen LogP contribution in [0.1, 0.15) is 48.2 Å². The number of nitrogens with zero attached hydrogens (tertiary/aromatic N) is 3. The number of hydrogen-bond donors (Lipinski definition) is 1. The number of alkyl halides is 2. The van der Waals surface area contributed by atoms with Crippen LogP contribution in [0.25, 0.3) is 16.5 Å². The van der Waals surface area contributed by atoms with Crippen molar-refractivity contribution in [1.29, 1.82) is 0 Å². The van der Waals surface area contributed by atoms with Crippen molar-refractivity contribution in [2.24, 2.45) is 0 Å². The first-order valence-corrected chi connectivity index (χ1v) is 12.5. The van der Waals surface area contributed by atoms with Crippen molar-refractivity contribution in [2.45, 2.75) is 32.7 Å². The van der Waals surface area contributed by atoms with Gasteiger partial charge in [0.05, 0.1) is 23.7 Å². The van der Waals surface area contributed by atoms with Gasteiger partial charge in [0.2, 0.25) is 10.0 Å². The van der Waals surface area contributed by atoms with E-state index in [1.807, 2.05) is 31.2 Å². The summed E-state index contributed by atoms with van der Waals surface area (Å²) in [5.41, 5.74) is 4.73. The normalized spacial score (nSPS) is 16.1. The monoisotopic (exact) mass is 472 g/mol. The van der Waals surface area contributed by atoms with Gasteiger partial charge in [-0.2, -0.15) is 4.31 Å². The molecule has 0 radical (unpaired) electrons. The number of benzene rings is 1. The van der Waals surface area contributed by atoms with Gasteiger partial charge >= 0.3 is 0 Å². The standard InChI is InChI=1S/C24H26F2N4O2S/c1-15-18(5-4-6-19(15)24(25)26)16(2)29-21-7-10-27-23-14-28-22(13-20(21)23)17-8-11-30(12-9-17)33(3,31)32/h4-8,10,13-14,16,24H,9,11-12H2,1-3H3,(H,27,29)/t16-/m1/s1. The summed E-state index contributed by atoms with van der Waals surface area (Å²) < 4.78 is 51.7. The molecular formula is C24H26F2N4O2S. The van der Waals surface area contributed by atoms with E-state index in [0.29, 0.717) is 30.6 Å². The van der Waals surface area contributed by atoms with Gasteiger partial charge in [-0.25, -0.2) is 17.2 Å². The van der Waals surface area contributed by atoms with Gasteiger partial charge in [0.15, 0.2) is 0 Å². The van der Waals surface area contributed by atoms with Gasteiger partial charge in [0.1, 0.15) is 0 Å². The van der Waals surface area contributed by atoms with Crippen LogP contribution in [0.2, 0.25) is 0 Å². The second-order valence-electron chi connectivity index (χ2n) is 8.27. The highest BCUT2D eigenvalue weighted by Gasteiger charge is 2.21. The van der Waals surface area contributed by atoms with Crippen LogP contribution < -0.4 is 5.32 Å². The lowest BCUT2D eigenvalue weighted by molar-refractivity contribution is 0.150. The Morgan fingerprint density at radius 2 is 1.91 bits per heavy atom. The summed E-state index contributed by atoms with van der Waals surface area (Å²) in [5, 5.41) is 4.31. The average Bonchev–Trinajstić information content (AvgIpc) is 2.78. The molecule has 0 bridgehead atoms. The van der Waals surface area contributed by atoms with Gasteiger partial charge in [-0.15, -0.1) is 0 Å². The second-order valence-corrected chi connectivity index (χ2v) is 10.3. The molecule has 174 valence electrons. The summed E-state index contributed by atoms with van der Waals surface area (Å²) in [6, 6.07) is 8.57. The fourth-order valence-corrected chi connectivity index (χ4v) is 4.99. The minimum Gasteiger partial charge on any atom is -0.378 e. The quantitative estimate of drug-likeness (QED) is 0.540. The van der Waals surface area contributed by atoms with E-state index in [0.717, 1.165) is 27.9 Å². The zero-order chi connectivity index (χ0) is 23.8. The SMILES string of the molecule is Cc1c(C(F)F)cccc1[C@@H](C)Nc1ccnc2cnc(C3=CCN(S(C)(=O)=O)CC3)cc12. The third-order valence-electron chi connectivity index (χ3n) is 6.09. The van der Waals surface area contributed by atoms with Crippen LogP contribution in [0.5, 0.6) is 0 Å². The third kappa shape index (κ3) is 4.89. The largest absolute Gasteiger partial charge is 0.378 e. The average molecular weight is 473 g/mol. The van der Waals surface area contributed by atoms with Crippen LogP contribution in [0.3, 0.4) is 0 Å². The molecule has 1 atom stereocenters. The molecule has 9 heteroatoms. The number of anilines is 1. The molecule has 2 aromatic heterocycles. The van der Waals surface area contributed by atoms with Crippen LogP contribution in [0.4, 0.5) is 14.5 Å². The molecule has 4 rings (SSSR count). The number of fused-ring (bicyclic) bond motifs is 1. The first-order valence-electron chi connectivity index (χ1n) is 10.7. The maximum atomic E-state index is 13.3. The van der Waals surface area contributed by atoms with E-state index in [-0.39, 0.29) is 11.6 Å². The Bertz CT molecular complexity index is 1330. The lowest BCUT2D eigenvalue weighted by Gasteiger charge is -2.24. The molecule has 0 amide bonds. The molecule has 1 N–H and O–H groups in total. The predicted octanol–water partition coefficient (Wildman–Crippen LogP) is 5.10. The molecule has 0 unspecified atom stereocenters. The zero-order valence-electron chi connectivity index (χ0n) is 18.7. The first-order chi connectivity index (χ1) is 15.6. The number of hydrogen-bond acceptors (Lipinski definition) is 5. The molecule has 0 saturated heterocycles. The van der Waals surface area contributed by atoms with Gasteiger partial charge in [-0.3, -0.25) is 9.97 Å². The zero-order valence-corrected chi connectivity index (χ0v) is 19.5. The molecule has 0 saturated carbocycles. The summed E-state index contributed by atoms with van der Waals surface area (Å²) in [6.45, 7) is 4.40. The van der Waals surface area contributed by atoms with Gasteiger partial charge in [-0.05, 0) is 49.1 Å². The van der Waals surface area contributed by atoms with Crippen LogP contribution in [-0.4, -0.2) is 42.0 Å². The first kappa shape index (κ1) is 23.3. The Morgan fingerprint density at radius 3 is 2.58 bits per heavy atom. The smallest absolute Gasteiger partial charge is 0.264 e. The summed E-state index contributed by atoms with van der Waals surface area (Å²) in [5.74, 6) is 0. The highest BCUT2D eigenvalue weighted by atomic mass is 32.2. The molecule has 33 heavy (non-hydrogen) atoms. The highest BCUT2D eigenvalue weighted by molar-refractivity contribution is 7.88. The number of aromatic nitrogens is 2. The van der Waals surface area contributed by atoms with Crippen molar-refractivity contribution in [3.63, 3.8) is 0 Å². The second kappa shape index (κ2) is 9.15. The van der Waals surface area contributed by atoms with Crippen LogP contribution >= 0.6 is 0 Å². The molecule has 1 aliphatic rings. The Hall–Kier alpha value is -2.91. The van der Waals surface area contributed by atoms with Gasteiger partial charge in [-0.1, -0.05) is 24.3 Å². The van der Waals surface area contributed by atoms with Crippen LogP contribution in [-0.2, 0) is 10.0 Å². The highest BCUT2D eigenvalue weighted by Crippen LogP contribution is 2.32. The lowest BCUT2D eigenvalue weighted by atomic mass is 9.97. The number of sulfonamides is 1. The molecule has 0 aliphatic carbocycles. The fourth-order valence-electron chi connectivity index (χ4n) is 4.22. The van der Waals surface area contributed by atoms with Gasteiger partial charge < -0.3 is 5.32 Å². The summed E-state index contributed by atoms with van der Waals surface area (Å²) in [4.78, 5) is 8.93. The molecule has 1 aliphatic heterocycles. The Morgan fingerprint density at radius 1 is 1.15 bits per heavy atom. The number of rotatable bonds is 6. The van der Waals surface area contributed by atoms with Crippen molar-refractivity contribution < 1.29 is 17.2 Å². The van der Waals surface area contributed by atoms with Crippen molar-refractivity contribution in [3.05, 3.63) is 71.2 Å². The predicted molar refractivity (Wildman–Crippen MR) is 127 cm³/mol. The van der Waals surface area contributed by atoms with Gasteiger partial charge in [0, 0.05) is 42.0 Å². The summed E-state index contributed by atoms with van der Waals surface area (Å²) in [7, 11) is -3.22. The van der Waals surface area contributed by atoms with Crippen LogP contribution in [0, 0.1) is 6.92 Å². The van der Waals surface area contributed by atoms with Crippen molar-refractivity contribution in [1.82, 2.24) is 14.3 Å². The number of nitrogens with one attached hydrogen (secondary N) is 1. The topological polar surface area (TPSA) is 75.2 Å². The number of pyridine rings is 2. The molecule has 6 nitrogen and oxygen atoms in total. The van der Waals surface area contributed by atoms with Crippen molar-refractivity contribution in [2.75, 3.05) is 24.7 Å². The molecule has 3 aromatic rings. The summed E-state index contributed by atoms with van der Waals surface area (Å²) in [6.07, 6.45) is 4.55.